The molecule has 1 unspecified atom stereocenters. The molecule has 2 heteroatoms. The van der Waals surface area contributed by atoms with Crippen LogP contribution in [0, 0.1) is 0 Å². The van der Waals surface area contributed by atoms with Gasteiger partial charge in [-0.15, -0.1) is 0 Å². The lowest BCUT2D eigenvalue weighted by Gasteiger charge is -2.16. The van der Waals surface area contributed by atoms with E-state index in [-0.39, 0.29) is 0 Å². The molecule has 0 aliphatic carbocycles. The Bertz CT molecular complexity index is 667. The molecule has 2 nitrogen and oxygen atoms in total. The number of likely N-dealkylation sites (N-methyl/N-ethyl adjacent to an activating group) is 1. The van der Waals surface area contributed by atoms with E-state index in [0.29, 0.717) is 6.04 Å². The smallest absolute Gasteiger partial charge is 0.0935 e. The van der Waals surface area contributed by atoms with Crippen LogP contribution in [0.2, 0.25) is 0 Å². The minimum atomic E-state index is 0.415. The summed E-state index contributed by atoms with van der Waals surface area (Å²) >= 11 is 0. The molecular weight excluding hydrogens is 246 g/mol. The van der Waals surface area contributed by atoms with Gasteiger partial charge in [-0.3, -0.25) is 0 Å². The van der Waals surface area contributed by atoms with Crippen molar-refractivity contribution in [2.45, 2.75) is 18.9 Å². The van der Waals surface area contributed by atoms with E-state index in [1.807, 2.05) is 19.4 Å². The summed E-state index contributed by atoms with van der Waals surface area (Å²) in [6.45, 7) is 0. The number of hydrogen-bond acceptors (Lipinski definition) is 2. The van der Waals surface area contributed by atoms with Crippen molar-refractivity contribution < 1.29 is 4.42 Å². The van der Waals surface area contributed by atoms with Gasteiger partial charge >= 0.3 is 0 Å². The van der Waals surface area contributed by atoms with Crippen molar-refractivity contribution in [1.82, 2.24) is 5.32 Å². The highest BCUT2D eigenvalue weighted by Crippen LogP contribution is 2.20. The second kappa shape index (κ2) is 5.93. The van der Waals surface area contributed by atoms with E-state index in [1.54, 1.807) is 6.26 Å². The van der Waals surface area contributed by atoms with Crippen molar-refractivity contribution in [1.29, 1.82) is 0 Å². The summed E-state index contributed by atoms with van der Waals surface area (Å²) in [5, 5.41) is 6.07. The van der Waals surface area contributed by atoms with Crippen molar-refractivity contribution in [3.63, 3.8) is 0 Å². The van der Waals surface area contributed by atoms with Gasteiger partial charge < -0.3 is 9.73 Å². The Morgan fingerprint density at radius 3 is 2.65 bits per heavy atom. The highest BCUT2D eigenvalue weighted by molar-refractivity contribution is 5.85. The van der Waals surface area contributed by atoms with Crippen LogP contribution in [-0.4, -0.2) is 13.1 Å². The second-order valence-corrected chi connectivity index (χ2v) is 5.16. The molecule has 0 aliphatic heterocycles. The maximum absolute atomic E-state index is 5.15. The Labute approximate surface area is 119 Å². The molecule has 0 radical (unpaired) electrons. The van der Waals surface area contributed by atoms with E-state index in [1.165, 1.54) is 21.9 Å². The van der Waals surface area contributed by atoms with Crippen LogP contribution in [0.25, 0.3) is 10.8 Å². The summed E-state index contributed by atoms with van der Waals surface area (Å²) in [4.78, 5) is 0. The minimum absolute atomic E-state index is 0.415. The lowest BCUT2D eigenvalue weighted by molar-refractivity contribution is 0.539. The first-order chi connectivity index (χ1) is 9.86. The zero-order valence-electron chi connectivity index (χ0n) is 11.7. The van der Waals surface area contributed by atoms with Gasteiger partial charge in [0.2, 0.25) is 0 Å². The quantitative estimate of drug-likeness (QED) is 0.759. The summed E-state index contributed by atoms with van der Waals surface area (Å²) in [7, 11) is 2.02. The average molecular weight is 265 g/mol. The van der Waals surface area contributed by atoms with Crippen LogP contribution in [0.1, 0.15) is 11.1 Å². The molecule has 0 fully saturated rings. The fourth-order valence-electron chi connectivity index (χ4n) is 2.71. The zero-order valence-corrected chi connectivity index (χ0v) is 11.7. The van der Waals surface area contributed by atoms with Gasteiger partial charge in [-0.1, -0.05) is 42.5 Å². The first-order valence-electron chi connectivity index (χ1n) is 7.02. The summed E-state index contributed by atoms with van der Waals surface area (Å²) in [5.74, 6) is 0. The van der Waals surface area contributed by atoms with E-state index in [2.05, 4.69) is 47.8 Å². The van der Waals surface area contributed by atoms with Crippen molar-refractivity contribution in [2.24, 2.45) is 0 Å². The van der Waals surface area contributed by atoms with Gasteiger partial charge in [0.25, 0.3) is 0 Å². The highest BCUT2D eigenvalue weighted by atomic mass is 16.3. The fourth-order valence-corrected chi connectivity index (χ4v) is 2.71. The van der Waals surface area contributed by atoms with Crippen LogP contribution >= 0.6 is 0 Å². The summed E-state index contributed by atoms with van der Waals surface area (Å²) < 4.78 is 5.15. The molecule has 3 aromatic rings. The molecule has 0 bridgehead atoms. The van der Waals surface area contributed by atoms with Crippen molar-refractivity contribution >= 4 is 10.8 Å². The Morgan fingerprint density at radius 2 is 1.85 bits per heavy atom. The Kier molecular flexibility index (Phi) is 3.84. The van der Waals surface area contributed by atoms with E-state index in [9.17, 15) is 0 Å². The topological polar surface area (TPSA) is 25.2 Å². The SMILES string of the molecule is CNC(Cc1ccoc1)Cc1cccc2ccccc12. The molecular formula is C18H19NO. The lowest BCUT2D eigenvalue weighted by Crippen LogP contribution is -2.29. The third-order valence-electron chi connectivity index (χ3n) is 3.82. The first-order valence-corrected chi connectivity index (χ1v) is 7.02. The number of furan rings is 1. The van der Waals surface area contributed by atoms with E-state index in [0.717, 1.165) is 12.8 Å². The van der Waals surface area contributed by atoms with Gasteiger partial charge in [-0.05, 0) is 47.9 Å². The number of hydrogen-bond donors (Lipinski definition) is 1. The van der Waals surface area contributed by atoms with Crippen molar-refractivity contribution in [3.05, 3.63) is 72.2 Å². The van der Waals surface area contributed by atoms with Crippen LogP contribution in [0.4, 0.5) is 0 Å². The molecule has 0 aliphatic rings. The van der Waals surface area contributed by atoms with Crippen molar-refractivity contribution in [3.8, 4) is 0 Å². The molecule has 0 saturated heterocycles. The fraction of sp³-hybridized carbons (Fsp3) is 0.222. The zero-order chi connectivity index (χ0) is 13.8. The van der Waals surface area contributed by atoms with Crippen LogP contribution in [0.15, 0.2) is 65.5 Å². The Balaban J connectivity index is 1.84. The monoisotopic (exact) mass is 265 g/mol. The molecule has 2 aromatic carbocycles. The van der Waals surface area contributed by atoms with Crippen LogP contribution < -0.4 is 5.32 Å². The Hall–Kier alpha value is -2.06. The third kappa shape index (κ3) is 2.75. The van der Waals surface area contributed by atoms with Gasteiger partial charge in [-0.2, -0.15) is 0 Å². The molecule has 1 heterocycles. The molecule has 1 atom stereocenters. The van der Waals surface area contributed by atoms with Crippen LogP contribution in [-0.2, 0) is 12.8 Å². The molecule has 0 spiro atoms. The van der Waals surface area contributed by atoms with Crippen molar-refractivity contribution in [2.75, 3.05) is 7.05 Å². The number of rotatable bonds is 5. The van der Waals surface area contributed by atoms with E-state index < -0.39 is 0 Å². The number of benzene rings is 2. The highest BCUT2D eigenvalue weighted by Gasteiger charge is 2.11. The number of nitrogens with one attached hydrogen (secondary N) is 1. The van der Waals surface area contributed by atoms with E-state index >= 15 is 0 Å². The second-order valence-electron chi connectivity index (χ2n) is 5.16. The standard InChI is InChI=1S/C18H19NO/c1-19-17(11-14-9-10-20-13-14)12-16-7-4-6-15-5-2-3-8-18(15)16/h2-10,13,17,19H,11-12H2,1H3. The average Bonchev–Trinajstić information content (AvgIpc) is 3.00. The molecule has 102 valence electrons. The molecule has 1 aromatic heterocycles. The van der Waals surface area contributed by atoms with Gasteiger partial charge in [-0.25, -0.2) is 0 Å². The van der Waals surface area contributed by atoms with Gasteiger partial charge in [0.1, 0.15) is 0 Å². The summed E-state index contributed by atoms with van der Waals surface area (Å²) in [5.41, 5.74) is 2.63. The Morgan fingerprint density at radius 1 is 1.00 bits per heavy atom. The van der Waals surface area contributed by atoms with Crippen LogP contribution in [0.3, 0.4) is 0 Å². The summed E-state index contributed by atoms with van der Waals surface area (Å²) in [6.07, 6.45) is 5.56. The van der Waals surface area contributed by atoms with Gasteiger partial charge in [0.15, 0.2) is 0 Å². The molecule has 3 rings (SSSR count). The largest absolute Gasteiger partial charge is 0.472 e. The molecule has 20 heavy (non-hydrogen) atoms. The maximum atomic E-state index is 5.15. The third-order valence-corrected chi connectivity index (χ3v) is 3.82. The first kappa shape index (κ1) is 12.9. The van der Waals surface area contributed by atoms with E-state index in [4.69, 9.17) is 4.42 Å². The predicted octanol–water partition coefficient (Wildman–Crippen LogP) is 3.81. The maximum Gasteiger partial charge on any atom is 0.0935 e. The molecule has 1 N–H and O–H groups in total. The minimum Gasteiger partial charge on any atom is -0.472 e. The predicted molar refractivity (Wildman–Crippen MR) is 82.9 cm³/mol. The normalized spacial score (nSPS) is 12.7. The lowest BCUT2D eigenvalue weighted by atomic mass is 9.96. The van der Waals surface area contributed by atoms with Gasteiger partial charge in [0, 0.05) is 6.04 Å². The number of fused-ring (bicyclic) bond motifs is 1. The van der Waals surface area contributed by atoms with Gasteiger partial charge in [0.05, 0.1) is 12.5 Å². The molecule has 0 amide bonds. The van der Waals surface area contributed by atoms with Crippen LogP contribution in [0.5, 0.6) is 0 Å². The molecule has 0 saturated carbocycles. The summed E-state index contributed by atoms with van der Waals surface area (Å²) in [6, 6.07) is 17.6.